The lowest BCUT2D eigenvalue weighted by atomic mass is 10.1. The maximum atomic E-state index is 8.72. The monoisotopic (exact) mass is 155 g/mol. The minimum Gasteiger partial charge on any atom is -0.394 e. The molecule has 0 aromatic rings. The van der Waals surface area contributed by atoms with Crippen LogP contribution in [0.1, 0.15) is 6.42 Å². The van der Waals surface area contributed by atoms with Crippen molar-refractivity contribution in [2.45, 2.75) is 24.7 Å². The summed E-state index contributed by atoms with van der Waals surface area (Å²) in [5.41, 5.74) is 8.11. The van der Waals surface area contributed by atoms with Crippen molar-refractivity contribution in [3.8, 4) is 0 Å². The number of azide groups is 1. The molecule has 0 aromatic carbocycles. The highest BCUT2D eigenvalue weighted by Crippen LogP contribution is 2.22. The van der Waals surface area contributed by atoms with E-state index in [1.165, 1.54) is 0 Å². The SMILES string of the molecule is [CH]C1C[C@@H](N=[N+]=[N-])[C@@H](CO)O1. The van der Waals surface area contributed by atoms with Crippen LogP contribution in [0.15, 0.2) is 5.11 Å². The fourth-order valence-corrected chi connectivity index (χ4v) is 1.11. The molecule has 1 heterocycles. The highest BCUT2D eigenvalue weighted by Gasteiger charge is 2.31. The van der Waals surface area contributed by atoms with Crippen LogP contribution in [0.25, 0.3) is 10.4 Å². The molecule has 1 aliphatic heterocycles. The molecule has 0 spiro atoms. The molecule has 3 atom stereocenters. The molecule has 0 amide bonds. The fraction of sp³-hybridized carbons (Fsp3) is 0.833. The third kappa shape index (κ3) is 1.83. The summed E-state index contributed by atoms with van der Waals surface area (Å²) in [4.78, 5) is 2.63. The number of aliphatic hydroxyl groups excluding tert-OH is 1. The van der Waals surface area contributed by atoms with Crippen LogP contribution >= 0.6 is 0 Å². The number of nitrogens with zero attached hydrogens (tertiary/aromatic N) is 3. The molecule has 0 aliphatic carbocycles. The lowest BCUT2D eigenvalue weighted by Gasteiger charge is -2.09. The third-order valence-corrected chi connectivity index (χ3v) is 1.63. The summed E-state index contributed by atoms with van der Waals surface area (Å²) in [5.74, 6) is 0. The molecule has 1 unspecified atom stereocenters. The van der Waals surface area contributed by atoms with E-state index in [0.29, 0.717) is 6.42 Å². The van der Waals surface area contributed by atoms with Crippen LogP contribution in [0, 0.1) is 6.92 Å². The topological polar surface area (TPSA) is 78.2 Å². The van der Waals surface area contributed by atoms with E-state index in [-0.39, 0.29) is 12.6 Å². The van der Waals surface area contributed by atoms with Crippen LogP contribution < -0.4 is 0 Å². The molecule has 0 aromatic heterocycles. The van der Waals surface area contributed by atoms with Crippen molar-refractivity contribution in [1.82, 2.24) is 0 Å². The zero-order valence-electron chi connectivity index (χ0n) is 5.92. The quantitative estimate of drug-likeness (QED) is 0.358. The number of ether oxygens (including phenoxy) is 1. The summed E-state index contributed by atoms with van der Waals surface area (Å²) < 4.78 is 5.04. The number of hydrogen-bond donors (Lipinski definition) is 1. The van der Waals surface area contributed by atoms with E-state index in [9.17, 15) is 0 Å². The van der Waals surface area contributed by atoms with Crippen LogP contribution in [0.4, 0.5) is 0 Å². The molecule has 1 rings (SSSR count). The molecule has 5 nitrogen and oxygen atoms in total. The van der Waals surface area contributed by atoms with E-state index in [0.717, 1.165) is 0 Å². The Morgan fingerprint density at radius 1 is 1.82 bits per heavy atom. The Labute approximate surface area is 64.6 Å². The second kappa shape index (κ2) is 3.57. The van der Waals surface area contributed by atoms with Gasteiger partial charge in [0.25, 0.3) is 0 Å². The lowest BCUT2D eigenvalue weighted by molar-refractivity contribution is 0.0253. The number of hydrogen-bond acceptors (Lipinski definition) is 3. The predicted molar refractivity (Wildman–Crippen MR) is 37.6 cm³/mol. The van der Waals surface area contributed by atoms with Crippen molar-refractivity contribution in [2.75, 3.05) is 6.61 Å². The molecular weight excluding hydrogens is 146 g/mol. The van der Waals surface area contributed by atoms with E-state index in [2.05, 4.69) is 10.0 Å². The molecule has 1 N–H and O–H groups in total. The maximum absolute atomic E-state index is 8.72. The largest absolute Gasteiger partial charge is 0.394 e. The van der Waals surface area contributed by atoms with Crippen LogP contribution in [0.3, 0.4) is 0 Å². The Balaban J connectivity index is 2.56. The minimum absolute atomic E-state index is 0.155. The number of rotatable bonds is 2. The molecule has 0 bridgehead atoms. The van der Waals surface area contributed by atoms with Crippen molar-refractivity contribution in [1.29, 1.82) is 0 Å². The van der Waals surface area contributed by atoms with Crippen LogP contribution in [-0.2, 0) is 4.74 Å². The van der Waals surface area contributed by atoms with Gasteiger partial charge in [0.2, 0.25) is 0 Å². The molecular formula is C6H9N3O2. The molecule has 1 saturated heterocycles. The zero-order valence-corrected chi connectivity index (χ0v) is 5.92. The summed E-state index contributed by atoms with van der Waals surface area (Å²) >= 11 is 0. The van der Waals surface area contributed by atoms with Crippen molar-refractivity contribution >= 4 is 0 Å². The average molecular weight is 155 g/mol. The maximum Gasteiger partial charge on any atom is 0.0895 e. The van der Waals surface area contributed by atoms with Gasteiger partial charge in [0.05, 0.1) is 24.9 Å². The van der Waals surface area contributed by atoms with Gasteiger partial charge in [0.15, 0.2) is 0 Å². The summed E-state index contributed by atoms with van der Waals surface area (Å²) in [6, 6.07) is -0.319. The summed E-state index contributed by atoms with van der Waals surface area (Å²) in [6.07, 6.45) is -0.363. The Morgan fingerprint density at radius 3 is 3.09 bits per heavy atom. The van der Waals surface area contributed by atoms with E-state index < -0.39 is 12.2 Å². The first-order valence-corrected chi connectivity index (χ1v) is 3.34. The van der Waals surface area contributed by atoms with E-state index in [1.54, 1.807) is 0 Å². The Bertz CT molecular complexity index is 179. The Kier molecular flexibility index (Phi) is 2.70. The van der Waals surface area contributed by atoms with Crippen molar-refractivity contribution in [2.24, 2.45) is 5.11 Å². The third-order valence-electron chi connectivity index (χ3n) is 1.63. The van der Waals surface area contributed by atoms with Crippen molar-refractivity contribution < 1.29 is 9.84 Å². The molecule has 0 saturated carbocycles. The lowest BCUT2D eigenvalue weighted by Crippen LogP contribution is -2.22. The second-order valence-corrected chi connectivity index (χ2v) is 2.40. The normalized spacial score (nSPS) is 36.7. The van der Waals surface area contributed by atoms with Crippen LogP contribution in [-0.4, -0.2) is 30.0 Å². The molecule has 1 aliphatic rings. The Morgan fingerprint density at radius 2 is 2.55 bits per heavy atom. The molecule has 60 valence electrons. The van der Waals surface area contributed by atoms with Gasteiger partial charge < -0.3 is 9.84 Å². The second-order valence-electron chi connectivity index (χ2n) is 2.40. The fourth-order valence-electron chi connectivity index (χ4n) is 1.11. The average Bonchev–Trinajstić information content (AvgIpc) is 2.32. The van der Waals surface area contributed by atoms with Crippen molar-refractivity contribution in [3.63, 3.8) is 0 Å². The first-order chi connectivity index (χ1) is 5.27. The van der Waals surface area contributed by atoms with Gasteiger partial charge in [-0.25, -0.2) is 0 Å². The predicted octanol–water partition coefficient (Wildman–Crippen LogP) is 0.526. The van der Waals surface area contributed by atoms with Gasteiger partial charge in [0, 0.05) is 4.91 Å². The first-order valence-electron chi connectivity index (χ1n) is 3.34. The van der Waals surface area contributed by atoms with E-state index in [4.69, 9.17) is 22.3 Å². The summed E-state index contributed by atoms with van der Waals surface area (Å²) in [7, 11) is 0. The van der Waals surface area contributed by atoms with Crippen molar-refractivity contribution in [3.05, 3.63) is 17.4 Å². The van der Waals surface area contributed by atoms with E-state index >= 15 is 0 Å². The summed E-state index contributed by atoms with van der Waals surface area (Å²) in [5, 5.41) is 12.2. The smallest absolute Gasteiger partial charge is 0.0895 e. The zero-order chi connectivity index (χ0) is 8.27. The van der Waals surface area contributed by atoms with Gasteiger partial charge in [-0.2, -0.15) is 0 Å². The Hall–Kier alpha value is -0.770. The standard InChI is InChI=1S/C6H9N3O2/c1-4-2-5(8-9-7)6(3-10)11-4/h1,4-6,10H,2-3H2/t4?,5-,6-/m1/s1. The van der Waals surface area contributed by atoms with Crippen LogP contribution in [0.2, 0.25) is 0 Å². The van der Waals surface area contributed by atoms with Gasteiger partial charge in [-0.3, -0.25) is 0 Å². The molecule has 11 heavy (non-hydrogen) atoms. The first kappa shape index (κ1) is 8.33. The highest BCUT2D eigenvalue weighted by atomic mass is 16.5. The van der Waals surface area contributed by atoms with Gasteiger partial charge in [-0.05, 0) is 18.9 Å². The van der Waals surface area contributed by atoms with Gasteiger partial charge in [-0.1, -0.05) is 5.11 Å². The van der Waals surface area contributed by atoms with Crippen LogP contribution in [0.5, 0.6) is 0 Å². The van der Waals surface area contributed by atoms with Gasteiger partial charge in [0.1, 0.15) is 0 Å². The summed E-state index contributed by atoms with van der Waals surface area (Å²) in [6.45, 7) is 5.25. The minimum atomic E-state index is -0.430. The highest BCUT2D eigenvalue weighted by molar-refractivity contribution is 4.88. The van der Waals surface area contributed by atoms with E-state index in [1.807, 2.05) is 0 Å². The molecule has 5 heteroatoms. The number of aliphatic hydroxyl groups is 1. The van der Waals surface area contributed by atoms with Gasteiger partial charge >= 0.3 is 0 Å². The molecule has 1 fully saturated rings. The van der Waals surface area contributed by atoms with Gasteiger partial charge in [-0.15, -0.1) is 0 Å². The molecule has 2 radical (unpaired) electrons.